The fraction of sp³-hybridized carbons (Fsp3) is 0.333. The minimum atomic E-state index is -0.640. The number of carbonyl (C=O) groups excluding carboxylic acids is 1. The van der Waals surface area contributed by atoms with Crippen molar-refractivity contribution in [1.29, 1.82) is 0 Å². The van der Waals surface area contributed by atoms with Crippen molar-refractivity contribution >= 4 is 37.4 Å². The van der Waals surface area contributed by atoms with Gasteiger partial charge in [0.1, 0.15) is 17.7 Å². The molecule has 0 bridgehead atoms. The third-order valence-corrected chi connectivity index (χ3v) is 1.83. The average molecular weight is 249 g/mol. The number of allylic oxidation sites excluding steroid dienone is 1. The summed E-state index contributed by atoms with van der Waals surface area (Å²) in [5.41, 5.74) is 0.207. The molecule has 1 rings (SSSR count). The molecule has 0 aliphatic carbocycles. The summed E-state index contributed by atoms with van der Waals surface area (Å²) < 4.78 is 5.77. The van der Waals surface area contributed by atoms with Gasteiger partial charge in [0.05, 0.1) is 0 Å². The summed E-state index contributed by atoms with van der Waals surface area (Å²) in [5, 5.41) is 0. The zero-order valence-corrected chi connectivity index (χ0v) is 10.3. The van der Waals surface area contributed by atoms with E-state index in [-0.39, 0.29) is 19.2 Å². The molecule has 0 atom stereocenters. The largest absolute Gasteiger partial charge is 0.376 e. The van der Waals surface area contributed by atoms with Crippen LogP contribution in [-0.2, 0) is 11.3 Å². The van der Waals surface area contributed by atoms with Gasteiger partial charge in [-0.05, 0) is 12.5 Å². The van der Waals surface area contributed by atoms with Gasteiger partial charge in [-0.15, -0.1) is 0 Å². The number of aromatic nitrogens is 2. The lowest BCUT2D eigenvalue weighted by atomic mass is 10.4. The summed E-state index contributed by atoms with van der Waals surface area (Å²) in [6.07, 6.45) is 6.28. The molecule has 1 heterocycles. The van der Waals surface area contributed by atoms with Gasteiger partial charge in [0.25, 0.3) is 0 Å². The number of imidazole rings is 1. The molecule has 0 radical (unpaired) electrons. The van der Waals surface area contributed by atoms with E-state index < -0.39 is 5.97 Å². The Morgan fingerprint density at radius 2 is 2.40 bits per heavy atom. The molecule has 84 valence electrons. The molecule has 1 aromatic rings. The predicted molar refractivity (Wildman–Crippen MR) is 64.2 cm³/mol. The molecular weight excluding hydrogens is 236 g/mol. The van der Waals surface area contributed by atoms with Gasteiger partial charge in [-0.2, -0.15) is 13.5 Å². The van der Waals surface area contributed by atoms with E-state index in [2.05, 4.69) is 9.27 Å². The van der Waals surface area contributed by atoms with E-state index >= 15 is 0 Å². The Kier molecular flexibility index (Phi) is 6.12. The molecule has 6 heteroatoms. The van der Waals surface area contributed by atoms with Crippen molar-refractivity contribution in [2.75, 3.05) is 0 Å². The lowest BCUT2D eigenvalue weighted by Gasteiger charge is -1.91. The number of aryl methyl sites for hydroxylation is 1. The summed E-state index contributed by atoms with van der Waals surface area (Å²) >= 11 is 4.94. The van der Waals surface area contributed by atoms with Crippen LogP contribution in [0.1, 0.15) is 29.7 Å². The quantitative estimate of drug-likeness (QED) is 0.824. The SMILES string of the molecule is CC/C=C\c1nc(C(=O)OCl)cn1C.S. The van der Waals surface area contributed by atoms with Crippen molar-refractivity contribution in [2.24, 2.45) is 7.05 Å². The van der Waals surface area contributed by atoms with Crippen LogP contribution in [0, 0.1) is 0 Å². The Bertz CT molecular complexity index is 363. The van der Waals surface area contributed by atoms with Crippen LogP contribution >= 0.6 is 25.4 Å². The first-order valence-electron chi connectivity index (χ1n) is 4.21. The zero-order chi connectivity index (χ0) is 10.6. The Morgan fingerprint density at radius 3 is 2.93 bits per heavy atom. The fourth-order valence-corrected chi connectivity index (χ4v) is 1.08. The van der Waals surface area contributed by atoms with Crippen LogP contribution in [-0.4, -0.2) is 15.5 Å². The summed E-state index contributed by atoms with van der Waals surface area (Å²) in [6.45, 7) is 2.02. The van der Waals surface area contributed by atoms with Crippen molar-refractivity contribution in [3.63, 3.8) is 0 Å². The molecule has 1 aromatic heterocycles. The summed E-state index contributed by atoms with van der Waals surface area (Å²) in [4.78, 5) is 15.0. The van der Waals surface area contributed by atoms with E-state index in [9.17, 15) is 4.79 Å². The van der Waals surface area contributed by atoms with Gasteiger partial charge in [-0.1, -0.05) is 13.0 Å². The lowest BCUT2D eigenvalue weighted by molar-refractivity contribution is 0.0745. The molecule has 15 heavy (non-hydrogen) atoms. The van der Waals surface area contributed by atoms with Gasteiger partial charge >= 0.3 is 5.97 Å². The van der Waals surface area contributed by atoms with Crippen molar-refractivity contribution in [1.82, 2.24) is 9.55 Å². The molecule has 4 nitrogen and oxygen atoms in total. The number of nitrogens with zero attached hydrogens (tertiary/aromatic N) is 2. The van der Waals surface area contributed by atoms with E-state index in [1.165, 1.54) is 0 Å². The number of carbonyl (C=O) groups is 1. The third-order valence-electron chi connectivity index (χ3n) is 1.69. The molecular formula is C9H13ClN2O2S. The number of hydrogen-bond donors (Lipinski definition) is 0. The molecule has 0 N–H and O–H groups in total. The zero-order valence-electron chi connectivity index (χ0n) is 8.53. The highest BCUT2D eigenvalue weighted by Gasteiger charge is 2.11. The Labute approximate surface area is 101 Å². The standard InChI is InChI=1S/C9H11ClN2O2.H2S/c1-3-4-5-8-11-7(6-12(8)2)9(13)14-10;/h4-6H,3H2,1-2H3;1H2/b5-4-;. The van der Waals surface area contributed by atoms with Gasteiger partial charge in [0.15, 0.2) is 5.69 Å². The molecule has 0 spiro atoms. The Hall–Kier alpha value is -0.940. The van der Waals surface area contributed by atoms with Crippen LogP contribution < -0.4 is 0 Å². The molecule has 0 fully saturated rings. The van der Waals surface area contributed by atoms with E-state index in [0.717, 1.165) is 6.42 Å². The van der Waals surface area contributed by atoms with Gasteiger partial charge in [-0.3, -0.25) is 0 Å². The average Bonchev–Trinajstić information content (AvgIpc) is 2.56. The van der Waals surface area contributed by atoms with Crippen molar-refractivity contribution in [3.05, 3.63) is 23.8 Å². The maximum Gasteiger partial charge on any atom is 0.376 e. The Morgan fingerprint density at radius 1 is 1.73 bits per heavy atom. The first-order chi connectivity index (χ1) is 6.69. The van der Waals surface area contributed by atoms with Crippen molar-refractivity contribution in [3.8, 4) is 0 Å². The maximum atomic E-state index is 11.0. The van der Waals surface area contributed by atoms with Crippen LogP contribution in [0.4, 0.5) is 0 Å². The van der Waals surface area contributed by atoms with Crippen LogP contribution in [0.15, 0.2) is 12.3 Å². The smallest absolute Gasteiger partial charge is 0.342 e. The number of halogens is 1. The second-order valence-corrected chi connectivity index (χ2v) is 2.92. The van der Waals surface area contributed by atoms with Gasteiger partial charge in [0.2, 0.25) is 0 Å². The van der Waals surface area contributed by atoms with E-state index in [4.69, 9.17) is 11.9 Å². The molecule has 0 unspecified atom stereocenters. The van der Waals surface area contributed by atoms with Crippen molar-refractivity contribution in [2.45, 2.75) is 13.3 Å². The number of hydrogen-bond acceptors (Lipinski definition) is 3. The van der Waals surface area contributed by atoms with Crippen LogP contribution in [0.5, 0.6) is 0 Å². The second-order valence-electron chi connectivity index (χ2n) is 2.77. The number of rotatable bonds is 3. The predicted octanol–water partition coefficient (Wildman–Crippen LogP) is 2.27. The van der Waals surface area contributed by atoms with Crippen LogP contribution in [0.2, 0.25) is 0 Å². The normalized spacial score (nSPS) is 10.1. The van der Waals surface area contributed by atoms with Crippen molar-refractivity contribution < 1.29 is 9.08 Å². The molecule has 0 aliphatic rings. The molecule has 0 amide bonds. The first-order valence-corrected chi connectivity index (χ1v) is 4.52. The molecule has 0 aromatic carbocycles. The lowest BCUT2D eigenvalue weighted by Crippen LogP contribution is -1.97. The molecule has 0 saturated heterocycles. The van der Waals surface area contributed by atoms with Gasteiger partial charge in [0, 0.05) is 13.2 Å². The van der Waals surface area contributed by atoms with E-state index in [0.29, 0.717) is 5.82 Å². The van der Waals surface area contributed by atoms with Gasteiger partial charge in [-0.25, -0.2) is 9.78 Å². The van der Waals surface area contributed by atoms with E-state index in [1.54, 1.807) is 17.8 Å². The summed E-state index contributed by atoms with van der Waals surface area (Å²) in [6, 6.07) is 0. The fourth-order valence-electron chi connectivity index (χ4n) is 0.997. The highest BCUT2D eigenvalue weighted by Crippen LogP contribution is 2.06. The Balaban J connectivity index is 0.00000196. The highest BCUT2D eigenvalue weighted by atomic mass is 35.5. The second kappa shape index (κ2) is 6.53. The van der Waals surface area contributed by atoms with Crippen LogP contribution in [0.25, 0.3) is 6.08 Å². The summed E-state index contributed by atoms with van der Waals surface area (Å²) in [5.74, 6) is 0.0577. The van der Waals surface area contributed by atoms with Gasteiger partial charge < -0.3 is 8.86 Å². The van der Waals surface area contributed by atoms with Crippen LogP contribution in [0.3, 0.4) is 0 Å². The maximum absolute atomic E-state index is 11.0. The molecule has 0 saturated carbocycles. The monoisotopic (exact) mass is 248 g/mol. The first kappa shape index (κ1) is 14.1. The van der Waals surface area contributed by atoms with E-state index in [1.807, 2.05) is 19.1 Å². The minimum absolute atomic E-state index is 0. The third kappa shape index (κ3) is 3.60. The topological polar surface area (TPSA) is 44.1 Å². The highest BCUT2D eigenvalue weighted by molar-refractivity contribution is 7.59. The minimum Gasteiger partial charge on any atom is -0.342 e. The summed E-state index contributed by atoms with van der Waals surface area (Å²) in [7, 11) is 1.80. The molecule has 0 aliphatic heterocycles.